The van der Waals surface area contributed by atoms with Gasteiger partial charge in [-0.25, -0.2) is 4.79 Å². The highest BCUT2D eigenvalue weighted by atomic mass is 35.5. The first-order valence-corrected chi connectivity index (χ1v) is 11.6. The van der Waals surface area contributed by atoms with E-state index in [1.165, 1.54) is 34.4 Å². The summed E-state index contributed by atoms with van der Waals surface area (Å²) in [5, 5.41) is 9.85. The van der Waals surface area contributed by atoms with Crippen LogP contribution < -0.4 is 25.5 Å². The normalized spacial score (nSPS) is 11.6. The largest absolute Gasteiger partial charge is 0.573 e. The maximum atomic E-state index is 13.2. The van der Waals surface area contributed by atoms with Crippen molar-refractivity contribution in [2.24, 2.45) is 7.05 Å². The van der Waals surface area contributed by atoms with Gasteiger partial charge in [-0.1, -0.05) is 35.9 Å². The summed E-state index contributed by atoms with van der Waals surface area (Å²) in [6.45, 7) is -0.860. The van der Waals surface area contributed by atoms with Crippen LogP contribution in [-0.4, -0.2) is 50.0 Å². The number of halogens is 4. The molecule has 0 radical (unpaired) electrons. The fourth-order valence-corrected chi connectivity index (χ4v) is 3.87. The van der Waals surface area contributed by atoms with Crippen molar-refractivity contribution in [3.05, 3.63) is 80.0 Å². The Hall–Kier alpha value is -3.97. The highest BCUT2D eigenvalue weighted by Crippen LogP contribution is 2.31. The molecule has 0 saturated heterocycles. The molecule has 0 atom stereocenters. The Morgan fingerprint density at radius 1 is 0.974 bits per heavy atom. The van der Waals surface area contributed by atoms with Crippen LogP contribution in [0, 0.1) is 0 Å². The van der Waals surface area contributed by atoms with Crippen LogP contribution in [0.15, 0.2) is 58.1 Å². The summed E-state index contributed by atoms with van der Waals surface area (Å²) in [5.41, 5.74) is -0.458. The zero-order chi connectivity index (χ0) is 27.4. The number of benzene rings is 2. The van der Waals surface area contributed by atoms with Gasteiger partial charge in [0.05, 0.1) is 19.7 Å². The molecule has 202 valence electrons. The fraction of sp³-hybridized carbons (Fsp3) is 0.292. The van der Waals surface area contributed by atoms with Gasteiger partial charge in [0.2, 0.25) is 0 Å². The summed E-state index contributed by atoms with van der Waals surface area (Å²) < 4.78 is 56.7. The van der Waals surface area contributed by atoms with E-state index >= 15 is 0 Å². The second kappa shape index (κ2) is 11.2. The van der Waals surface area contributed by atoms with E-state index in [1.807, 2.05) is 0 Å². The highest BCUT2D eigenvalue weighted by molar-refractivity contribution is 6.30. The molecule has 0 saturated carbocycles. The lowest BCUT2D eigenvalue weighted by Crippen LogP contribution is -2.40. The fourth-order valence-electron chi connectivity index (χ4n) is 3.74. The van der Waals surface area contributed by atoms with Gasteiger partial charge in [0, 0.05) is 12.1 Å². The summed E-state index contributed by atoms with van der Waals surface area (Å²) in [4.78, 5) is 30.2. The Balaban J connectivity index is 1.64. The van der Waals surface area contributed by atoms with Gasteiger partial charge in [0.15, 0.2) is 22.7 Å². The predicted molar refractivity (Wildman–Crippen MR) is 131 cm³/mol. The number of aliphatic hydroxyl groups excluding tert-OH is 1. The summed E-state index contributed by atoms with van der Waals surface area (Å²) in [6, 6.07) is 12.1. The van der Waals surface area contributed by atoms with E-state index < -0.39 is 30.0 Å². The summed E-state index contributed by atoms with van der Waals surface area (Å²) >= 11 is 5.98. The first-order valence-electron chi connectivity index (χ1n) is 11.2. The van der Waals surface area contributed by atoms with Crippen LogP contribution in [0.5, 0.6) is 17.5 Å². The van der Waals surface area contributed by atoms with E-state index in [2.05, 4.69) is 9.72 Å². The van der Waals surface area contributed by atoms with Crippen molar-refractivity contribution >= 4 is 22.8 Å². The molecule has 0 unspecified atom stereocenters. The van der Waals surface area contributed by atoms with Gasteiger partial charge in [-0.15, -0.1) is 13.2 Å². The minimum Gasteiger partial charge on any atom is -0.486 e. The Kier molecular flexibility index (Phi) is 7.97. The minimum atomic E-state index is -4.89. The van der Waals surface area contributed by atoms with Crippen molar-refractivity contribution in [1.82, 2.24) is 18.7 Å². The topological polar surface area (TPSA) is 110 Å². The lowest BCUT2D eigenvalue weighted by atomic mass is 10.2. The lowest BCUT2D eigenvalue weighted by molar-refractivity contribution is -0.275. The molecule has 38 heavy (non-hydrogen) atoms. The molecule has 4 aromatic rings. The third-order valence-electron chi connectivity index (χ3n) is 5.42. The minimum absolute atomic E-state index is 0.0211. The van der Waals surface area contributed by atoms with Crippen LogP contribution in [0.1, 0.15) is 5.56 Å². The second-order valence-electron chi connectivity index (χ2n) is 7.99. The number of hydrogen-bond donors (Lipinski definition) is 1. The molecule has 0 aliphatic rings. The van der Waals surface area contributed by atoms with Crippen molar-refractivity contribution < 1.29 is 32.5 Å². The number of imidazole rings is 1. The van der Waals surface area contributed by atoms with Crippen LogP contribution >= 0.6 is 11.6 Å². The second-order valence-corrected chi connectivity index (χ2v) is 8.43. The maximum Gasteiger partial charge on any atom is 0.573 e. The van der Waals surface area contributed by atoms with Crippen LogP contribution in [0.4, 0.5) is 13.2 Å². The van der Waals surface area contributed by atoms with Gasteiger partial charge >= 0.3 is 12.1 Å². The third kappa shape index (κ3) is 5.94. The zero-order valence-corrected chi connectivity index (χ0v) is 20.7. The molecule has 1 N–H and O–H groups in total. The molecule has 4 rings (SSSR count). The zero-order valence-electron chi connectivity index (χ0n) is 19.9. The number of hydrogen-bond acceptors (Lipinski definition) is 7. The summed E-state index contributed by atoms with van der Waals surface area (Å²) in [5.74, 6) is -0.646. The Bertz CT molecular complexity index is 1550. The van der Waals surface area contributed by atoms with Gasteiger partial charge in [0.25, 0.3) is 11.6 Å². The number of rotatable bonds is 10. The first kappa shape index (κ1) is 27.1. The van der Waals surface area contributed by atoms with Gasteiger partial charge in [-0.2, -0.15) is 4.98 Å². The predicted octanol–water partition coefficient (Wildman–Crippen LogP) is 2.95. The van der Waals surface area contributed by atoms with Crippen LogP contribution in [0.25, 0.3) is 11.2 Å². The molecular weight excluding hydrogens is 533 g/mol. The standard InChI is InChI=1S/C24H22ClF3N4O6/c1-30-20-19(21(34)31(10-11-33)23(30)35)32(14-15-6-8-16(25)9-7-15)22(29-20)37-13-12-36-17-4-2-3-5-18(17)38-24(26,27)28/h2-9,33H,10-14H2,1H3. The van der Waals surface area contributed by atoms with Gasteiger partial charge < -0.3 is 19.3 Å². The number of para-hydroxylation sites is 2. The van der Waals surface area contributed by atoms with E-state index in [0.29, 0.717) is 5.02 Å². The molecule has 14 heteroatoms. The quantitative estimate of drug-likeness (QED) is 0.300. The average Bonchev–Trinajstić information content (AvgIpc) is 3.22. The number of nitrogens with zero attached hydrogens (tertiary/aromatic N) is 4. The smallest absolute Gasteiger partial charge is 0.486 e. The van der Waals surface area contributed by atoms with Crippen molar-refractivity contribution in [3.8, 4) is 17.5 Å². The monoisotopic (exact) mass is 554 g/mol. The maximum absolute atomic E-state index is 13.2. The lowest BCUT2D eigenvalue weighted by Gasteiger charge is -2.14. The molecule has 0 spiro atoms. The summed E-state index contributed by atoms with van der Waals surface area (Å²) in [6.07, 6.45) is -4.89. The van der Waals surface area contributed by atoms with E-state index in [0.717, 1.165) is 16.2 Å². The average molecular weight is 555 g/mol. The van der Waals surface area contributed by atoms with Crippen LogP contribution in [0.2, 0.25) is 5.02 Å². The molecule has 2 aromatic heterocycles. The molecular formula is C24H22ClF3N4O6. The molecule has 0 bridgehead atoms. The molecule has 0 amide bonds. The van der Waals surface area contributed by atoms with Crippen LogP contribution in [0.3, 0.4) is 0 Å². The van der Waals surface area contributed by atoms with Gasteiger partial charge in [-0.05, 0) is 29.8 Å². The summed E-state index contributed by atoms with van der Waals surface area (Å²) in [7, 11) is 1.43. The van der Waals surface area contributed by atoms with E-state index in [1.54, 1.807) is 24.3 Å². The van der Waals surface area contributed by atoms with Gasteiger partial charge in [0.1, 0.15) is 13.2 Å². The van der Waals surface area contributed by atoms with Crippen molar-refractivity contribution in [3.63, 3.8) is 0 Å². The number of fused-ring (bicyclic) bond motifs is 1. The Morgan fingerprint density at radius 3 is 2.29 bits per heavy atom. The van der Waals surface area contributed by atoms with Crippen molar-refractivity contribution in [2.75, 3.05) is 19.8 Å². The van der Waals surface area contributed by atoms with E-state index in [4.69, 9.17) is 21.1 Å². The molecule has 0 aliphatic carbocycles. The van der Waals surface area contributed by atoms with E-state index in [9.17, 15) is 27.9 Å². The van der Waals surface area contributed by atoms with E-state index in [-0.39, 0.29) is 49.2 Å². The number of ether oxygens (including phenoxy) is 3. The number of aromatic nitrogens is 4. The Labute approximate surface area is 218 Å². The molecule has 0 aliphatic heterocycles. The van der Waals surface area contributed by atoms with Gasteiger partial charge in [-0.3, -0.25) is 18.5 Å². The van der Waals surface area contributed by atoms with Crippen molar-refractivity contribution in [2.45, 2.75) is 19.5 Å². The SMILES string of the molecule is Cn1c(=O)n(CCO)c(=O)c2c1nc(OCCOc1ccccc1OC(F)(F)F)n2Cc1ccc(Cl)cc1. The molecule has 2 aromatic carbocycles. The van der Waals surface area contributed by atoms with Crippen LogP contribution in [-0.2, 0) is 20.1 Å². The third-order valence-corrected chi connectivity index (χ3v) is 5.67. The molecule has 0 fully saturated rings. The van der Waals surface area contributed by atoms with Crippen molar-refractivity contribution in [1.29, 1.82) is 0 Å². The molecule has 2 heterocycles. The number of aryl methyl sites for hydroxylation is 1. The highest BCUT2D eigenvalue weighted by Gasteiger charge is 2.32. The Morgan fingerprint density at radius 2 is 1.63 bits per heavy atom. The number of alkyl halides is 3. The first-order chi connectivity index (χ1) is 18.1. The molecule has 10 nitrogen and oxygen atoms in total. The number of aliphatic hydroxyl groups is 1.